The molecule has 96 valence electrons. The van der Waals surface area contributed by atoms with Gasteiger partial charge >= 0.3 is 0 Å². The van der Waals surface area contributed by atoms with Gasteiger partial charge in [0, 0.05) is 21.1 Å². The number of amidine groups is 1. The van der Waals surface area contributed by atoms with Gasteiger partial charge in [-0.3, -0.25) is 0 Å². The molecule has 0 atom stereocenters. The molecule has 0 unspecified atom stereocenters. The van der Waals surface area contributed by atoms with Gasteiger partial charge in [0.2, 0.25) is 5.96 Å². The monoisotopic (exact) mass is 257 g/mol. The zero-order chi connectivity index (χ0) is 13.3. The average molecular weight is 257 g/mol. The summed E-state index contributed by atoms with van der Waals surface area (Å²) in [6.45, 7) is 3.60. The predicted molar refractivity (Wildman–Crippen MR) is 77.3 cm³/mol. The largest absolute Gasteiger partial charge is 0.366 e. The van der Waals surface area contributed by atoms with Crippen molar-refractivity contribution in [1.82, 2.24) is 16.0 Å². The van der Waals surface area contributed by atoms with E-state index in [1.54, 1.807) is 35.0 Å². The van der Waals surface area contributed by atoms with Crippen molar-refractivity contribution < 1.29 is 0 Å². The van der Waals surface area contributed by atoms with Gasteiger partial charge in [0.05, 0.1) is 11.4 Å². The summed E-state index contributed by atoms with van der Waals surface area (Å²) in [6.07, 6.45) is 0. The summed E-state index contributed by atoms with van der Waals surface area (Å²) in [5, 5.41) is 24.6. The Labute approximate surface area is 107 Å². The van der Waals surface area contributed by atoms with E-state index in [-0.39, 0.29) is 0 Å². The molecule has 0 fully saturated rings. The SMILES string of the molecule is CNC(=N/N=C(C)/C(C)=N/N=C(\S)NC)NC. The fraction of sp³-hybridized carbons (Fsp3) is 0.556. The first kappa shape index (κ1) is 15.4. The third kappa shape index (κ3) is 6.56. The molecule has 0 bridgehead atoms. The highest BCUT2D eigenvalue weighted by atomic mass is 32.1. The Hall–Kier alpha value is -1.57. The quantitative estimate of drug-likeness (QED) is 0.249. The summed E-state index contributed by atoms with van der Waals surface area (Å²) in [4.78, 5) is 0. The van der Waals surface area contributed by atoms with Crippen molar-refractivity contribution in [3.05, 3.63) is 0 Å². The molecule has 0 saturated carbocycles. The molecule has 3 N–H and O–H groups in total. The van der Waals surface area contributed by atoms with Gasteiger partial charge in [-0.25, -0.2) is 0 Å². The van der Waals surface area contributed by atoms with Crippen LogP contribution >= 0.6 is 12.6 Å². The molecule has 0 radical (unpaired) electrons. The zero-order valence-corrected chi connectivity index (χ0v) is 11.6. The van der Waals surface area contributed by atoms with Gasteiger partial charge in [0.1, 0.15) is 0 Å². The average Bonchev–Trinajstić information content (AvgIpc) is 2.36. The Balaban J connectivity index is 4.75. The summed E-state index contributed by atoms with van der Waals surface area (Å²) in [5.41, 5.74) is 1.34. The van der Waals surface area contributed by atoms with E-state index in [1.165, 1.54) is 0 Å². The topological polar surface area (TPSA) is 85.5 Å². The Morgan fingerprint density at radius 3 is 1.65 bits per heavy atom. The molecule has 0 rings (SSSR count). The van der Waals surface area contributed by atoms with E-state index in [9.17, 15) is 0 Å². The Morgan fingerprint density at radius 1 is 0.765 bits per heavy atom. The Kier molecular flexibility index (Phi) is 7.78. The van der Waals surface area contributed by atoms with Crippen LogP contribution < -0.4 is 16.0 Å². The minimum absolute atomic E-state index is 0.437. The Bertz CT molecular complexity index is 350. The van der Waals surface area contributed by atoms with Gasteiger partial charge in [-0.05, 0) is 13.8 Å². The third-order valence-electron chi connectivity index (χ3n) is 1.82. The normalized spacial score (nSPS) is 13.2. The van der Waals surface area contributed by atoms with Crippen molar-refractivity contribution in [3.8, 4) is 0 Å². The van der Waals surface area contributed by atoms with Crippen molar-refractivity contribution in [2.75, 3.05) is 21.1 Å². The van der Waals surface area contributed by atoms with Crippen LogP contribution in [0.25, 0.3) is 0 Å². The van der Waals surface area contributed by atoms with Crippen molar-refractivity contribution >= 4 is 35.2 Å². The molecule has 0 aromatic rings. The standard InChI is InChI=1S/C9H19N7S/c1-6(13-15-8(10-3)11-4)7(2)14-16-9(17)12-5/h1-5H3,(H2,10,11,15)(H2,12,16,17)/b13-6+,14-7+. The number of nitrogens with one attached hydrogen (secondary N) is 3. The van der Waals surface area contributed by atoms with Crippen molar-refractivity contribution in [2.45, 2.75) is 13.8 Å². The van der Waals surface area contributed by atoms with E-state index in [4.69, 9.17) is 0 Å². The summed E-state index contributed by atoms with van der Waals surface area (Å²) in [6, 6.07) is 0. The first-order chi connectivity index (χ1) is 8.04. The van der Waals surface area contributed by atoms with Crippen LogP contribution in [0, 0.1) is 0 Å². The first-order valence-electron chi connectivity index (χ1n) is 5.02. The second-order valence-electron chi connectivity index (χ2n) is 2.99. The smallest absolute Gasteiger partial charge is 0.215 e. The van der Waals surface area contributed by atoms with Crippen LogP contribution in [0.3, 0.4) is 0 Å². The summed E-state index contributed by atoms with van der Waals surface area (Å²) < 4.78 is 0. The van der Waals surface area contributed by atoms with Gasteiger partial charge in [0.15, 0.2) is 5.17 Å². The van der Waals surface area contributed by atoms with Gasteiger partial charge in [-0.2, -0.15) is 10.2 Å². The second-order valence-corrected chi connectivity index (χ2v) is 3.42. The number of thiol groups is 1. The molecule has 0 spiro atoms. The summed E-state index contributed by atoms with van der Waals surface area (Å²) in [7, 11) is 5.23. The lowest BCUT2D eigenvalue weighted by molar-refractivity contribution is 0.991. The van der Waals surface area contributed by atoms with E-state index in [2.05, 4.69) is 49.0 Å². The van der Waals surface area contributed by atoms with E-state index in [0.717, 1.165) is 0 Å². The molecule has 0 heterocycles. The maximum Gasteiger partial charge on any atom is 0.215 e. The van der Waals surface area contributed by atoms with Gasteiger partial charge in [-0.1, -0.05) is 0 Å². The first-order valence-corrected chi connectivity index (χ1v) is 5.47. The molecule has 0 aliphatic rings. The molecule has 8 heteroatoms. The van der Waals surface area contributed by atoms with E-state index < -0.39 is 0 Å². The number of hydrogen-bond acceptors (Lipinski definition) is 4. The minimum atomic E-state index is 0.437. The fourth-order valence-electron chi connectivity index (χ4n) is 0.667. The molecule has 0 saturated heterocycles. The van der Waals surface area contributed by atoms with Crippen LogP contribution in [0.15, 0.2) is 20.4 Å². The van der Waals surface area contributed by atoms with Crippen LogP contribution in [0.5, 0.6) is 0 Å². The van der Waals surface area contributed by atoms with Gasteiger partial charge < -0.3 is 16.0 Å². The Morgan fingerprint density at radius 2 is 1.24 bits per heavy atom. The highest BCUT2D eigenvalue weighted by Crippen LogP contribution is 1.89. The molecule has 0 amide bonds. The molecule has 0 aromatic heterocycles. The highest BCUT2D eigenvalue weighted by molar-refractivity contribution is 7.96. The summed E-state index contributed by atoms with van der Waals surface area (Å²) in [5.74, 6) is 0.575. The van der Waals surface area contributed by atoms with Crippen LogP contribution in [0.2, 0.25) is 0 Å². The predicted octanol–water partition coefficient (Wildman–Crippen LogP) is 0.0382. The van der Waals surface area contributed by atoms with Gasteiger partial charge in [-0.15, -0.1) is 22.8 Å². The minimum Gasteiger partial charge on any atom is -0.366 e. The molecular formula is C9H19N7S. The molecule has 7 nitrogen and oxygen atoms in total. The number of rotatable bonds is 3. The lowest BCUT2D eigenvalue weighted by Gasteiger charge is -2.01. The fourth-order valence-corrected chi connectivity index (χ4v) is 0.712. The maximum atomic E-state index is 4.03. The molecular weight excluding hydrogens is 238 g/mol. The molecule has 0 aliphatic heterocycles. The van der Waals surface area contributed by atoms with E-state index >= 15 is 0 Å². The lowest BCUT2D eigenvalue weighted by atomic mass is 10.3. The summed E-state index contributed by atoms with van der Waals surface area (Å²) >= 11 is 4.03. The van der Waals surface area contributed by atoms with Crippen molar-refractivity contribution in [3.63, 3.8) is 0 Å². The number of guanidine groups is 1. The van der Waals surface area contributed by atoms with Crippen LogP contribution in [-0.4, -0.2) is 43.7 Å². The van der Waals surface area contributed by atoms with Crippen LogP contribution in [-0.2, 0) is 0 Å². The maximum absolute atomic E-state index is 4.03. The third-order valence-corrected chi connectivity index (χ3v) is 2.13. The van der Waals surface area contributed by atoms with E-state index in [1.807, 2.05) is 0 Å². The number of hydrogen-bond donors (Lipinski definition) is 4. The zero-order valence-electron chi connectivity index (χ0n) is 10.7. The van der Waals surface area contributed by atoms with Crippen molar-refractivity contribution in [1.29, 1.82) is 0 Å². The van der Waals surface area contributed by atoms with Gasteiger partial charge in [0.25, 0.3) is 0 Å². The highest BCUT2D eigenvalue weighted by Gasteiger charge is 1.97. The lowest BCUT2D eigenvalue weighted by Crippen LogP contribution is -2.31. The molecule has 0 aromatic carbocycles. The van der Waals surface area contributed by atoms with Crippen molar-refractivity contribution in [2.24, 2.45) is 20.4 Å². The van der Waals surface area contributed by atoms with Crippen LogP contribution in [0.4, 0.5) is 0 Å². The number of nitrogens with zero attached hydrogens (tertiary/aromatic N) is 4. The second kappa shape index (κ2) is 8.57. The molecule has 0 aliphatic carbocycles. The van der Waals surface area contributed by atoms with Crippen LogP contribution in [0.1, 0.15) is 13.8 Å². The molecule has 17 heavy (non-hydrogen) atoms. The van der Waals surface area contributed by atoms with E-state index in [0.29, 0.717) is 22.6 Å².